The first kappa shape index (κ1) is 13.9. The van der Waals surface area contributed by atoms with Gasteiger partial charge in [-0.15, -0.1) is 0 Å². The largest absolute Gasteiger partial charge is 0.370 e. The monoisotopic (exact) mass is 243 g/mol. The minimum atomic E-state index is -0.634. The van der Waals surface area contributed by atoms with Gasteiger partial charge in [-0.05, 0) is 20.8 Å². The van der Waals surface area contributed by atoms with Crippen LogP contribution in [0.2, 0.25) is 0 Å². The second-order valence-electron chi connectivity index (χ2n) is 5.42. The highest BCUT2D eigenvalue weighted by atomic mass is 16.5. The first-order valence-corrected chi connectivity index (χ1v) is 5.66. The number of carbonyl (C=O) groups excluding carboxylic acids is 2. The van der Waals surface area contributed by atoms with Gasteiger partial charge in [0.1, 0.15) is 6.61 Å². The minimum Gasteiger partial charge on any atom is -0.370 e. The molecule has 0 radical (unpaired) electrons. The summed E-state index contributed by atoms with van der Waals surface area (Å²) < 4.78 is 5.49. The second-order valence-corrected chi connectivity index (χ2v) is 5.42. The number of carbonyl (C=O) groups is 2. The molecule has 4 N–H and O–H groups in total. The molecular weight excluding hydrogens is 222 g/mol. The van der Waals surface area contributed by atoms with Gasteiger partial charge >= 0.3 is 0 Å². The summed E-state index contributed by atoms with van der Waals surface area (Å²) in [6.45, 7) is 6.96. The second kappa shape index (κ2) is 5.01. The molecule has 0 saturated carbocycles. The van der Waals surface area contributed by atoms with Crippen LogP contribution in [0.1, 0.15) is 27.2 Å². The molecule has 0 aliphatic carbocycles. The summed E-state index contributed by atoms with van der Waals surface area (Å²) in [6.07, 6.45) is 0.109. The lowest BCUT2D eigenvalue weighted by molar-refractivity contribution is -0.137. The zero-order valence-corrected chi connectivity index (χ0v) is 10.6. The van der Waals surface area contributed by atoms with Crippen molar-refractivity contribution >= 4 is 11.8 Å². The molecule has 0 atom stereocenters. The van der Waals surface area contributed by atoms with Crippen molar-refractivity contribution in [2.24, 2.45) is 5.73 Å². The first-order valence-electron chi connectivity index (χ1n) is 5.66. The van der Waals surface area contributed by atoms with Gasteiger partial charge in [-0.25, -0.2) is 0 Å². The Bertz CT molecular complexity index is 311. The van der Waals surface area contributed by atoms with Gasteiger partial charge in [0.2, 0.25) is 11.8 Å². The average Bonchev–Trinajstić information content (AvgIpc) is 2.08. The van der Waals surface area contributed by atoms with E-state index in [2.05, 4.69) is 10.6 Å². The zero-order valence-electron chi connectivity index (χ0n) is 10.6. The quantitative estimate of drug-likeness (QED) is 0.565. The van der Waals surface area contributed by atoms with Crippen LogP contribution in [-0.2, 0) is 14.3 Å². The molecule has 1 aliphatic heterocycles. The maximum absolute atomic E-state index is 11.6. The van der Waals surface area contributed by atoms with Crippen LogP contribution < -0.4 is 16.4 Å². The summed E-state index contributed by atoms with van der Waals surface area (Å²) in [7, 11) is 0. The smallest absolute Gasteiger partial charge is 0.246 e. The molecule has 0 aromatic carbocycles. The molecule has 0 bridgehead atoms. The Hall–Kier alpha value is -1.14. The molecule has 98 valence electrons. The summed E-state index contributed by atoms with van der Waals surface area (Å²) in [4.78, 5) is 22.4. The predicted octanol–water partition coefficient (Wildman–Crippen LogP) is -0.865. The van der Waals surface area contributed by atoms with Gasteiger partial charge in [-0.3, -0.25) is 9.59 Å². The minimum absolute atomic E-state index is 0.000369. The van der Waals surface area contributed by atoms with E-state index in [0.29, 0.717) is 0 Å². The van der Waals surface area contributed by atoms with Gasteiger partial charge in [0, 0.05) is 25.0 Å². The number of rotatable bonds is 6. The fourth-order valence-corrected chi connectivity index (χ4v) is 1.71. The van der Waals surface area contributed by atoms with E-state index >= 15 is 0 Å². The fourth-order valence-electron chi connectivity index (χ4n) is 1.71. The topological polar surface area (TPSA) is 93.5 Å². The molecule has 0 unspecified atom stereocenters. The number of hydrogen-bond acceptors (Lipinski definition) is 4. The van der Waals surface area contributed by atoms with Gasteiger partial charge in [0.05, 0.1) is 5.60 Å². The fraction of sp³-hybridized carbons (Fsp3) is 0.818. The molecule has 1 rings (SSSR count). The maximum Gasteiger partial charge on any atom is 0.246 e. The third-order valence-corrected chi connectivity index (χ3v) is 2.64. The summed E-state index contributed by atoms with van der Waals surface area (Å²) in [5.41, 5.74) is 4.22. The number of nitrogens with two attached hydrogens (primary N) is 1. The van der Waals surface area contributed by atoms with Crippen molar-refractivity contribution in [3.8, 4) is 0 Å². The normalized spacial score (nSPS) is 18.3. The van der Waals surface area contributed by atoms with Gasteiger partial charge in [-0.2, -0.15) is 0 Å². The SMILES string of the molecule is CC(C)(CC(N)=O)NC(=O)COC1(C)CNC1. The Balaban J connectivity index is 2.30. The molecule has 6 heteroatoms. The summed E-state index contributed by atoms with van der Waals surface area (Å²) in [6, 6.07) is 0. The summed E-state index contributed by atoms with van der Waals surface area (Å²) in [5.74, 6) is -0.671. The van der Waals surface area contributed by atoms with Crippen LogP contribution in [0.25, 0.3) is 0 Å². The Morgan fingerprint density at radius 3 is 2.47 bits per heavy atom. The van der Waals surface area contributed by atoms with E-state index < -0.39 is 11.4 Å². The van der Waals surface area contributed by atoms with Gasteiger partial charge in [0.25, 0.3) is 0 Å². The lowest BCUT2D eigenvalue weighted by Gasteiger charge is -2.39. The van der Waals surface area contributed by atoms with Crippen LogP contribution in [0, 0.1) is 0 Å². The number of nitrogens with one attached hydrogen (secondary N) is 2. The van der Waals surface area contributed by atoms with Crippen LogP contribution in [0.15, 0.2) is 0 Å². The highest BCUT2D eigenvalue weighted by Gasteiger charge is 2.33. The molecule has 0 spiro atoms. The van der Waals surface area contributed by atoms with Crippen LogP contribution in [0.5, 0.6) is 0 Å². The van der Waals surface area contributed by atoms with Crippen molar-refractivity contribution in [2.75, 3.05) is 19.7 Å². The molecule has 2 amide bonds. The highest BCUT2D eigenvalue weighted by molar-refractivity contribution is 5.80. The number of ether oxygens (including phenoxy) is 1. The van der Waals surface area contributed by atoms with Crippen LogP contribution in [-0.4, -0.2) is 42.7 Å². The molecule has 0 aromatic rings. The zero-order chi connectivity index (χ0) is 13.1. The first-order chi connectivity index (χ1) is 7.72. The standard InChI is InChI=1S/C11H21N3O3/c1-10(2,4-8(12)15)14-9(16)5-17-11(3)6-13-7-11/h13H,4-7H2,1-3H3,(H2,12,15)(H,14,16). The van der Waals surface area contributed by atoms with E-state index in [0.717, 1.165) is 13.1 Å². The van der Waals surface area contributed by atoms with Crippen molar-refractivity contribution in [1.29, 1.82) is 0 Å². The molecule has 1 heterocycles. The van der Waals surface area contributed by atoms with Crippen LogP contribution in [0.3, 0.4) is 0 Å². The predicted molar refractivity (Wildman–Crippen MR) is 63.3 cm³/mol. The van der Waals surface area contributed by atoms with Crippen molar-refractivity contribution in [2.45, 2.75) is 38.3 Å². The van der Waals surface area contributed by atoms with E-state index in [9.17, 15) is 9.59 Å². The van der Waals surface area contributed by atoms with E-state index in [-0.39, 0.29) is 24.5 Å². The average molecular weight is 243 g/mol. The van der Waals surface area contributed by atoms with Crippen molar-refractivity contribution < 1.29 is 14.3 Å². The molecule has 0 aromatic heterocycles. The van der Waals surface area contributed by atoms with E-state index in [1.54, 1.807) is 13.8 Å². The van der Waals surface area contributed by atoms with Gasteiger partial charge < -0.3 is 21.1 Å². The third-order valence-electron chi connectivity index (χ3n) is 2.64. The Morgan fingerprint density at radius 2 is 2.06 bits per heavy atom. The number of hydrogen-bond donors (Lipinski definition) is 3. The third kappa shape index (κ3) is 4.70. The molecule has 17 heavy (non-hydrogen) atoms. The molecule has 1 saturated heterocycles. The summed E-state index contributed by atoms with van der Waals surface area (Å²) in [5, 5.41) is 5.81. The molecule has 1 aliphatic rings. The van der Waals surface area contributed by atoms with Gasteiger partial charge in [-0.1, -0.05) is 0 Å². The van der Waals surface area contributed by atoms with E-state index in [1.807, 2.05) is 6.92 Å². The summed E-state index contributed by atoms with van der Waals surface area (Å²) >= 11 is 0. The Labute approximate surface area is 101 Å². The van der Waals surface area contributed by atoms with Crippen molar-refractivity contribution in [3.63, 3.8) is 0 Å². The maximum atomic E-state index is 11.6. The molecule has 1 fully saturated rings. The van der Waals surface area contributed by atoms with Crippen LogP contribution in [0.4, 0.5) is 0 Å². The lowest BCUT2D eigenvalue weighted by Crippen LogP contribution is -2.60. The highest BCUT2D eigenvalue weighted by Crippen LogP contribution is 2.15. The van der Waals surface area contributed by atoms with Crippen molar-refractivity contribution in [3.05, 3.63) is 0 Å². The number of amides is 2. The van der Waals surface area contributed by atoms with Crippen molar-refractivity contribution in [1.82, 2.24) is 10.6 Å². The lowest BCUT2D eigenvalue weighted by atomic mass is 9.99. The Kier molecular flexibility index (Phi) is 4.11. The van der Waals surface area contributed by atoms with Crippen LogP contribution >= 0.6 is 0 Å². The molecular formula is C11H21N3O3. The van der Waals surface area contributed by atoms with E-state index in [1.165, 1.54) is 0 Å². The van der Waals surface area contributed by atoms with E-state index in [4.69, 9.17) is 10.5 Å². The number of primary amides is 1. The molecule has 6 nitrogen and oxygen atoms in total. The van der Waals surface area contributed by atoms with Gasteiger partial charge in [0.15, 0.2) is 0 Å². The Morgan fingerprint density at radius 1 is 1.47 bits per heavy atom.